The predicted octanol–water partition coefficient (Wildman–Crippen LogP) is 3.64. The van der Waals surface area contributed by atoms with Crippen molar-refractivity contribution in [3.63, 3.8) is 0 Å². The predicted molar refractivity (Wildman–Crippen MR) is 91.3 cm³/mol. The summed E-state index contributed by atoms with van der Waals surface area (Å²) in [6, 6.07) is 12.5. The highest BCUT2D eigenvalue weighted by Gasteiger charge is 2.12. The van der Waals surface area contributed by atoms with Crippen molar-refractivity contribution in [2.24, 2.45) is 0 Å². The molecule has 24 heavy (non-hydrogen) atoms. The van der Waals surface area contributed by atoms with Gasteiger partial charge in [-0.25, -0.2) is 4.98 Å². The highest BCUT2D eigenvalue weighted by molar-refractivity contribution is 5.64. The lowest BCUT2D eigenvalue weighted by Crippen LogP contribution is -1.98. The molecule has 0 saturated carbocycles. The maximum atomic E-state index is 9.58. The van der Waals surface area contributed by atoms with Gasteiger partial charge >= 0.3 is 0 Å². The number of hydrogen-bond acceptors (Lipinski definition) is 5. The number of phenolic OH excluding ortho intramolecular Hbond substituents is 1. The molecule has 0 radical (unpaired) electrons. The van der Waals surface area contributed by atoms with E-state index in [2.05, 4.69) is 15.2 Å². The third kappa shape index (κ3) is 3.32. The van der Waals surface area contributed by atoms with Crippen LogP contribution >= 0.6 is 0 Å². The van der Waals surface area contributed by atoms with Crippen molar-refractivity contribution in [3.8, 4) is 40.0 Å². The Kier molecular flexibility index (Phi) is 4.65. The van der Waals surface area contributed by atoms with Crippen molar-refractivity contribution < 1.29 is 14.6 Å². The summed E-state index contributed by atoms with van der Waals surface area (Å²) in [5.41, 5.74) is 1.59. The topological polar surface area (TPSA) is 80.3 Å². The van der Waals surface area contributed by atoms with Gasteiger partial charge < -0.3 is 14.6 Å². The lowest BCUT2D eigenvalue weighted by Gasteiger charge is -2.11. The quantitative estimate of drug-likeness (QED) is 0.723. The Balaban J connectivity index is 1.93. The normalized spacial score (nSPS) is 10.6. The second kappa shape index (κ2) is 7.04. The van der Waals surface area contributed by atoms with Crippen LogP contribution in [0.3, 0.4) is 0 Å². The van der Waals surface area contributed by atoms with Gasteiger partial charge in [0, 0.05) is 11.1 Å². The fourth-order valence-corrected chi connectivity index (χ4v) is 2.36. The van der Waals surface area contributed by atoms with E-state index in [1.165, 1.54) is 0 Å². The number of nitrogens with zero attached hydrogens (tertiary/aromatic N) is 2. The zero-order valence-electron chi connectivity index (χ0n) is 13.6. The number of aromatic nitrogens is 3. The minimum Gasteiger partial charge on any atom is -0.508 e. The summed E-state index contributed by atoms with van der Waals surface area (Å²) in [7, 11) is 0. The van der Waals surface area contributed by atoms with Crippen molar-refractivity contribution in [3.05, 3.63) is 42.5 Å². The van der Waals surface area contributed by atoms with Gasteiger partial charge in [0.2, 0.25) is 0 Å². The lowest BCUT2D eigenvalue weighted by molar-refractivity contribution is 0.288. The van der Waals surface area contributed by atoms with E-state index in [1.54, 1.807) is 18.2 Å². The first-order valence-electron chi connectivity index (χ1n) is 7.83. The summed E-state index contributed by atoms with van der Waals surface area (Å²) in [5, 5.41) is 16.7. The summed E-state index contributed by atoms with van der Waals surface area (Å²) in [5.74, 6) is 2.70. The van der Waals surface area contributed by atoms with Gasteiger partial charge in [0.15, 0.2) is 23.1 Å². The molecule has 0 amide bonds. The minimum atomic E-state index is 0.179. The monoisotopic (exact) mass is 325 g/mol. The Labute approximate surface area is 140 Å². The van der Waals surface area contributed by atoms with Gasteiger partial charge in [0.05, 0.1) is 13.2 Å². The van der Waals surface area contributed by atoms with Crippen LogP contribution in [0.15, 0.2) is 42.5 Å². The molecule has 1 aromatic heterocycles. The van der Waals surface area contributed by atoms with Gasteiger partial charge in [-0.2, -0.15) is 5.10 Å². The van der Waals surface area contributed by atoms with Crippen LogP contribution in [-0.2, 0) is 0 Å². The number of benzene rings is 2. The maximum absolute atomic E-state index is 9.58. The fraction of sp³-hybridized carbons (Fsp3) is 0.222. The van der Waals surface area contributed by atoms with Crippen LogP contribution in [0.25, 0.3) is 22.8 Å². The molecule has 0 unspecified atom stereocenters. The molecule has 3 rings (SSSR count). The average molecular weight is 325 g/mol. The first-order valence-corrected chi connectivity index (χ1v) is 7.83. The number of rotatable bonds is 6. The average Bonchev–Trinajstić information content (AvgIpc) is 3.07. The highest BCUT2D eigenvalue weighted by atomic mass is 16.5. The number of nitrogens with one attached hydrogen (secondary N) is 1. The zero-order valence-corrected chi connectivity index (χ0v) is 13.6. The van der Waals surface area contributed by atoms with E-state index in [9.17, 15) is 5.11 Å². The molecule has 0 bridgehead atoms. The first-order chi connectivity index (χ1) is 11.7. The maximum Gasteiger partial charge on any atom is 0.181 e. The second-order valence-electron chi connectivity index (χ2n) is 5.09. The number of hydrogen-bond donors (Lipinski definition) is 2. The van der Waals surface area contributed by atoms with Gasteiger partial charge in [-0.1, -0.05) is 12.1 Å². The minimum absolute atomic E-state index is 0.179. The number of aromatic amines is 1. The summed E-state index contributed by atoms with van der Waals surface area (Å²) in [4.78, 5) is 4.49. The van der Waals surface area contributed by atoms with Crippen LogP contribution in [0.5, 0.6) is 17.2 Å². The van der Waals surface area contributed by atoms with Gasteiger partial charge in [-0.05, 0) is 44.2 Å². The Morgan fingerprint density at radius 2 is 1.75 bits per heavy atom. The zero-order chi connectivity index (χ0) is 16.9. The van der Waals surface area contributed by atoms with E-state index < -0.39 is 0 Å². The van der Waals surface area contributed by atoms with Crippen molar-refractivity contribution >= 4 is 0 Å². The van der Waals surface area contributed by atoms with E-state index in [0.717, 1.165) is 11.1 Å². The smallest absolute Gasteiger partial charge is 0.181 e. The van der Waals surface area contributed by atoms with Crippen LogP contribution in [0, 0.1) is 0 Å². The molecule has 0 saturated heterocycles. The molecule has 0 atom stereocenters. The van der Waals surface area contributed by atoms with E-state index in [1.807, 2.05) is 38.1 Å². The molecule has 0 aliphatic rings. The molecule has 0 aliphatic carbocycles. The number of ether oxygens (including phenoxy) is 2. The van der Waals surface area contributed by atoms with Gasteiger partial charge in [-0.3, -0.25) is 5.10 Å². The molecule has 2 aromatic carbocycles. The van der Waals surface area contributed by atoms with Crippen molar-refractivity contribution in [2.75, 3.05) is 13.2 Å². The van der Waals surface area contributed by atoms with Crippen LogP contribution in [-0.4, -0.2) is 33.5 Å². The lowest BCUT2D eigenvalue weighted by atomic mass is 10.2. The van der Waals surface area contributed by atoms with Crippen molar-refractivity contribution in [1.82, 2.24) is 15.2 Å². The third-order valence-corrected chi connectivity index (χ3v) is 3.41. The Morgan fingerprint density at radius 3 is 2.50 bits per heavy atom. The summed E-state index contributed by atoms with van der Waals surface area (Å²) >= 11 is 0. The Hall–Kier alpha value is -3.02. The van der Waals surface area contributed by atoms with E-state index in [-0.39, 0.29) is 5.75 Å². The van der Waals surface area contributed by atoms with E-state index >= 15 is 0 Å². The van der Waals surface area contributed by atoms with Crippen LogP contribution in [0.1, 0.15) is 13.8 Å². The largest absolute Gasteiger partial charge is 0.508 e. The van der Waals surface area contributed by atoms with Crippen molar-refractivity contribution in [1.29, 1.82) is 0 Å². The molecule has 6 nitrogen and oxygen atoms in total. The molecule has 2 N–H and O–H groups in total. The number of aromatic hydroxyl groups is 1. The fourth-order valence-electron chi connectivity index (χ4n) is 2.36. The third-order valence-electron chi connectivity index (χ3n) is 3.41. The molecule has 1 heterocycles. The summed E-state index contributed by atoms with van der Waals surface area (Å²) in [6.45, 7) is 4.98. The summed E-state index contributed by atoms with van der Waals surface area (Å²) in [6.07, 6.45) is 0. The number of H-pyrrole nitrogens is 1. The Bertz CT molecular complexity index is 830. The van der Waals surface area contributed by atoms with E-state index in [4.69, 9.17) is 9.47 Å². The molecule has 6 heteroatoms. The standard InChI is InChI=1S/C18H19N3O3/c1-3-23-15-9-8-13(11-16(15)24-4-2)18-19-17(20-21-18)12-6-5-7-14(22)10-12/h5-11,22H,3-4H2,1-2H3,(H,19,20,21). The molecule has 0 fully saturated rings. The Morgan fingerprint density at radius 1 is 0.958 bits per heavy atom. The molecule has 124 valence electrons. The molecule has 0 spiro atoms. The van der Waals surface area contributed by atoms with Crippen molar-refractivity contribution in [2.45, 2.75) is 13.8 Å². The molecular formula is C18H19N3O3. The van der Waals surface area contributed by atoms with Crippen LogP contribution in [0.2, 0.25) is 0 Å². The first kappa shape index (κ1) is 15.9. The van der Waals surface area contributed by atoms with Gasteiger partial charge in [0.1, 0.15) is 5.75 Å². The highest BCUT2D eigenvalue weighted by Crippen LogP contribution is 2.32. The summed E-state index contributed by atoms with van der Waals surface area (Å²) < 4.78 is 11.2. The number of phenols is 1. The molecule has 3 aromatic rings. The van der Waals surface area contributed by atoms with Gasteiger partial charge in [0.25, 0.3) is 0 Å². The molecule has 0 aliphatic heterocycles. The SMILES string of the molecule is CCOc1ccc(-c2nc(-c3cccc(O)c3)n[nH]2)cc1OCC. The molecular weight excluding hydrogens is 306 g/mol. The van der Waals surface area contributed by atoms with Crippen LogP contribution in [0.4, 0.5) is 0 Å². The van der Waals surface area contributed by atoms with Crippen LogP contribution < -0.4 is 9.47 Å². The van der Waals surface area contributed by atoms with Gasteiger partial charge in [-0.15, -0.1) is 0 Å². The van der Waals surface area contributed by atoms with E-state index in [0.29, 0.717) is 36.4 Å². The second-order valence-corrected chi connectivity index (χ2v) is 5.09.